The van der Waals surface area contributed by atoms with E-state index >= 15 is 0 Å². The maximum atomic E-state index is 11.2. The van der Waals surface area contributed by atoms with Crippen LogP contribution < -0.4 is 0 Å². The molecule has 70 valence electrons. The molecule has 1 aromatic carbocycles. The minimum atomic E-state index is 0.197. The molecule has 0 aliphatic rings. The maximum Gasteiger partial charge on any atom is 0.133 e. The van der Waals surface area contributed by atoms with Gasteiger partial charge in [0, 0.05) is 5.92 Å². The number of hydrogen-bond acceptors (Lipinski definition) is 1. The van der Waals surface area contributed by atoms with Crippen molar-refractivity contribution in [3.05, 3.63) is 35.9 Å². The lowest BCUT2D eigenvalue weighted by atomic mass is 9.94. The molecule has 0 saturated carbocycles. The molecule has 0 radical (unpaired) electrons. The molecule has 1 nitrogen and oxygen atoms in total. The van der Waals surface area contributed by atoms with Gasteiger partial charge < -0.3 is 0 Å². The Balaban J connectivity index is 2.62. The molecule has 1 aromatic rings. The first-order chi connectivity index (χ1) is 6.24. The van der Waals surface area contributed by atoms with E-state index < -0.39 is 0 Å². The highest BCUT2D eigenvalue weighted by molar-refractivity contribution is 5.78. The van der Waals surface area contributed by atoms with Crippen LogP contribution in [0.5, 0.6) is 0 Å². The molecule has 0 bridgehead atoms. The van der Waals surface area contributed by atoms with Crippen molar-refractivity contribution in [2.75, 3.05) is 0 Å². The van der Waals surface area contributed by atoms with E-state index in [0.717, 1.165) is 12.8 Å². The van der Waals surface area contributed by atoms with Crippen LogP contribution in [0.25, 0.3) is 0 Å². The minimum absolute atomic E-state index is 0.197. The molecule has 0 amide bonds. The normalized spacial score (nSPS) is 12.5. The lowest BCUT2D eigenvalue weighted by molar-refractivity contribution is -0.120. The summed E-state index contributed by atoms with van der Waals surface area (Å²) in [6.45, 7) is 3.74. The van der Waals surface area contributed by atoms with Gasteiger partial charge in [-0.2, -0.15) is 0 Å². The molecule has 0 saturated heterocycles. The summed E-state index contributed by atoms with van der Waals surface area (Å²) in [5, 5.41) is 0. The summed E-state index contributed by atoms with van der Waals surface area (Å²) < 4.78 is 0. The van der Waals surface area contributed by atoms with Gasteiger partial charge in [0.25, 0.3) is 0 Å². The van der Waals surface area contributed by atoms with E-state index in [-0.39, 0.29) is 5.92 Å². The fraction of sp³-hybridized carbons (Fsp3) is 0.417. The van der Waals surface area contributed by atoms with Crippen LogP contribution in [0, 0.1) is 5.92 Å². The standard InChI is InChI=1S/C12H16O/c1-3-12(10(2)13)9-11-7-5-4-6-8-11/h4-8,12H,3,9H2,1-2H3/t12-/m1/s1. The van der Waals surface area contributed by atoms with E-state index in [1.54, 1.807) is 6.92 Å². The molecule has 0 aliphatic carbocycles. The number of carbonyl (C=O) groups is 1. The van der Waals surface area contributed by atoms with Gasteiger partial charge in [-0.1, -0.05) is 37.3 Å². The third kappa shape index (κ3) is 3.02. The molecule has 0 spiro atoms. The van der Waals surface area contributed by atoms with Crippen LogP contribution in [0.1, 0.15) is 25.8 Å². The summed E-state index contributed by atoms with van der Waals surface area (Å²) in [6.07, 6.45) is 1.82. The highest BCUT2D eigenvalue weighted by atomic mass is 16.1. The van der Waals surface area contributed by atoms with E-state index in [4.69, 9.17) is 0 Å². The molecule has 0 heterocycles. The zero-order valence-electron chi connectivity index (χ0n) is 8.29. The lowest BCUT2D eigenvalue weighted by Gasteiger charge is -2.10. The Labute approximate surface area is 79.8 Å². The first kappa shape index (κ1) is 9.97. The third-order valence-corrected chi connectivity index (χ3v) is 2.39. The second kappa shape index (κ2) is 4.80. The molecule has 0 aromatic heterocycles. The smallest absolute Gasteiger partial charge is 0.133 e. The summed E-state index contributed by atoms with van der Waals surface area (Å²) in [4.78, 5) is 11.2. The van der Waals surface area contributed by atoms with E-state index in [2.05, 4.69) is 19.1 Å². The number of carbonyl (C=O) groups excluding carboxylic acids is 1. The van der Waals surface area contributed by atoms with Gasteiger partial charge in [-0.05, 0) is 25.3 Å². The van der Waals surface area contributed by atoms with Crippen LogP contribution in [0.3, 0.4) is 0 Å². The summed E-state index contributed by atoms with van der Waals surface area (Å²) >= 11 is 0. The zero-order chi connectivity index (χ0) is 9.68. The fourth-order valence-electron chi connectivity index (χ4n) is 1.47. The first-order valence-electron chi connectivity index (χ1n) is 4.78. The van der Waals surface area contributed by atoms with Crippen molar-refractivity contribution in [1.29, 1.82) is 0 Å². The summed E-state index contributed by atoms with van der Waals surface area (Å²) in [6, 6.07) is 10.2. The Morgan fingerprint density at radius 1 is 1.31 bits per heavy atom. The van der Waals surface area contributed by atoms with Crippen molar-refractivity contribution < 1.29 is 4.79 Å². The van der Waals surface area contributed by atoms with Crippen LogP contribution in [0.2, 0.25) is 0 Å². The van der Waals surface area contributed by atoms with Crippen molar-refractivity contribution in [2.24, 2.45) is 5.92 Å². The summed E-state index contributed by atoms with van der Waals surface area (Å²) in [7, 11) is 0. The van der Waals surface area contributed by atoms with Crippen molar-refractivity contribution >= 4 is 5.78 Å². The summed E-state index contributed by atoms with van der Waals surface area (Å²) in [5.74, 6) is 0.494. The van der Waals surface area contributed by atoms with E-state index in [0.29, 0.717) is 5.78 Å². The molecule has 0 fully saturated rings. The average Bonchev–Trinajstić information content (AvgIpc) is 2.15. The lowest BCUT2D eigenvalue weighted by Crippen LogP contribution is -2.12. The van der Waals surface area contributed by atoms with Gasteiger partial charge in [-0.15, -0.1) is 0 Å². The van der Waals surface area contributed by atoms with Gasteiger partial charge in [0.05, 0.1) is 0 Å². The van der Waals surface area contributed by atoms with Gasteiger partial charge in [0.2, 0.25) is 0 Å². The van der Waals surface area contributed by atoms with Crippen molar-refractivity contribution in [2.45, 2.75) is 26.7 Å². The number of benzene rings is 1. The van der Waals surface area contributed by atoms with Gasteiger partial charge in [0.15, 0.2) is 0 Å². The molecule has 13 heavy (non-hydrogen) atoms. The Morgan fingerprint density at radius 3 is 2.38 bits per heavy atom. The third-order valence-electron chi connectivity index (χ3n) is 2.39. The second-order valence-electron chi connectivity index (χ2n) is 3.41. The number of rotatable bonds is 4. The number of Topliss-reactive ketones (excluding diaryl/α,β-unsaturated/α-hetero) is 1. The molecule has 0 N–H and O–H groups in total. The van der Waals surface area contributed by atoms with Crippen LogP contribution in [-0.4, -0.2) is 5.78 Å². The predicted molar refractivity (Wildman–Crippen MR) is 54.6 cm³/mol. The minimum Gasteiger partial charge on any atom is -0.300 e. The van der Waals surface area contributed by atoms with Gasteiger partial charge >= 0.3 is 0 Å². The number of hydrogen-bond donors (Lipinski definition) is 0. The van der Waals surface area contributed by atoms with Gasteiger partial charge in [0.1, 0.15) is 5.78 Å². The molecule has 0 aliphatic heterocycles. The molecule has 1 rings (SSSR count). The Kier molecular flexibility index (Phi) is 3.69. The molecule has 1 heteroatoms. The molecule has 1 atom stereocenters. The monoisotopic (exact) mass is 176 g/mol. The molecule has 0 unspecified atom stereocenters. The van der Waals surface area contributed by atoms with Crippen LogP contribution in [0.15, 0.2) is 30.3 Å². The fourth-order valence-corrected chi connectivity index (χ4v) is 1.47. The van der Waals surface area contributed by atoms with Crippen LogP contribution in [0.4, 0.5) is 0 Å². The van der Waals surface area contributed by atoms with Gasteiger partial charge in [-0.3, -0.25) is 4.79 Å². The summed E-state index contributed by atoms with van der Waals surface area (Å²) in [5.41, 5.74) is 1.25. The van der Waals surface area contributed by atoms with E-state index in [9.17, 15) is 4.79 Å². The average molecular weight is 176 g/mol. The van der Waals surface area contributed by atoms with Gasteiger partial charge in [-0.25, -0.2) is 0 Å². The Hall–Kier alpha value is -1.11. The van der Waals surface area contributed by atoms with Crippen molar-refractivity contribution in [1.82, 2.24) is 0 Å². The highest BCUT2D eigenvalue weighted by Crippen LogP contribution is 2.12. The van der Waals surface area contributed by atoms with Crippen LogP contribution >= 0.6 is 0 Å². The van der Waals surface area contributed by atoms with Crippen molar-refractivity contribution in [3.63, 3.8) is 0 Å². The Bertz CT molecular complexity index is 264. The Morgan fingerprint density at radius 2 is 1.92 bits per heavy atom. The number of ketones is 1. The topological polar surface area (TPSA) is 17.1 Å². The molecular weight excluding hydrogens is 160 g/mol. The van der Waals surface area contributed by atoms with Crippen molar-refractivity contribution in [3.8, 4) is 0 Å². The van der Waals surface area contributed by atoms with Crippen LogP contribution in [-0.2, 0) is 11.2 Å². The molecular formula is C12H16O. The second-order valence-corrected chi connectivity index (χ2v) is 3.41. The first-order valence-corrected chi connectivity index (χ1v) is 4.78. The largest absolute Gasteiger partial charge is 0.300 e. The van der Waals surface area contributed by atoms with E-state index in [1.165, 1.54) is 5.56 Å². The SMILES string of the molecule is CC[C@H](Cc1ccccc1)C(C)=O. The maximum absolute atomic E-state index is 11.2. The quantitative estimate of drug-likeness (QED) is 0.689. The zero-order valence-corrected chi connectivity index (χ0v) is 8.29. The predicted octanol–water partition coefficient (Wildman–Crippen LogP) is 2.84. The highest BCUT2D eigenvalue weighted by Gasteiger charge is 2.11. The van der Waals surface area contributed by atoms with E-state index in [1.807, 2.05) is 18.2 Å².